The van der Waals surface area contributed by atoms with Crippen molar-refractivity contribution in [2.24, 2.45) is 0 Å². The number of nitrogens with one attached hydrogen (secondary N) is 3. The lowest BCUT2D eigenvalue weighted by Crippen LogP contribution is -2.41. The molecule has 7 nitrogen and oxygen atoms in total. The molecule has 7 heteroatoms. The highest BCUT2D eigenvalue weighted by Crippen LogP contribution is 2.18. The molecule has 0 fully saturated rings. The van der Waals surface area contributed by atoms with Gasteiger partial charge in [-0.25, -0.2) is 9.78 Å². The average molecular weight is 247 g/mol. The summed E-state index contributed by atoms with van der Waals surface area (Å²) in [5, 5.41) is 12.4. The zero-order valence-electron chi connectivity index (χ0n) is 9.64. The number of aromatic nitrogens is 3. The standard InChI is InChI=1S/C11H13N5O2/c17-10(15-11-12-3-4-18-11)14-8-1-2-9-7(5-8)6-13-16-9/h3-4,6,8H,1-2,5H2,(H,13,16)(H2,12,14,15,17)/t8-/m0/s1. The lowest BCUT2D eigenvalue weighted by molar-refractivity contribution is 0.246. The van der Waals surface area contributed by atoms with E-state index in [1.54, 1.807) is 0 Å². The monoisotopic (exact) mass is 247 g/mol. The van der Waals surface area contributed by atoms with Crippen LogP contribution < -0.4 is 10.6 Å². The van der Waals surface area contributed by atoms with Gasteiger partial charge in [-0.1, -0.05) is 0 Å². The Balaban J connectivity index is 1.56. The van der Waals surface area contributed by atoms with Gasteiger partial charge in [-0.05, 0) is 24.8 Å². The van der Waals surface area contributed by atoms with Crippen molar-refractivity contribution in [1.29, 1.82) is 0 Å². The fraction of sp³-hybridized carbons (Fsp3) is 0.364. The minimum atomic E-state index is -0.297. The number of hydrogen-bond donors (Lipinski definition) is 3. The number of oxazole rings is 1. The van der Waals surface area contributed by atoms with Crippen LogP contribution in [0.2, 0.25) is 0 Å². The molecule has 1 atom stereocenters. The lowest BCUT2D eigenvalue weighted by Gasteiger charge is -2.22. The lowest BCUT2D eigenvalue weighted by atomic mass is 9.94. The van der Waals surface area contributed by atoms with Crippen LogP contribution >= 0.6 is 0 Å². The Morgan fingerprint density at radius 2 is 2.50 bits per heavy atom. The van der Waals surface area contributed by atoms with Gasteiger partial charge in [0.05, 0.1) is 12.4 Å². The Hall–Kier alpha value is -2.31. The van der Waals surface area contributed by atoms with Gasteiger partial charge in [-0.3, -0.25) is 10.4 Å². The van der Waals surface area contributed by atoms with Crippen LogP contribution in [0.3, 0.4) is 0 Å². The zero-order chi connectivity index (χ0) is 12.4. The Morgan fingerprint density at radius 1 is 1.56 bits per heavy atom. The Kier molecular flexibility index (Phi) is 2.71. The van der Waals surface area contributed by atoms with E-state index in [1.165, 1.54) is 23.7 Å². The molecule has 0 aliphatic heterocycles. The van der Waals surface area contributed by atoms with Crippen molar-refractivity contribution < 1.29 is 9.21 Å². The van der Waals surface area contributed by atoms with Crippen LogP contribution in [0.1, 0.15) is 17.7 Å². The van der Waals surface area contributed by atoms with E-state index >= 15 is 0 Å². The molecular weight excluding hydrogens is 234 g/mol. The number of aryl methyl sites for hydroxylation is 1. The summed E-state index contributed by atoms with van der Waals surface area (Å²) in [5.74, 6) is 0. The quantitative estimate of drug-likeness (QED) is 0.739. The summed E-state index contributed by atoms with van der Waals surface area (Å²) in [7, 11) is 0. The summed E-state index contributed by atoms with van der Waals surface area (Å²) in [6, 6.07) is 0.0202. The first-order valence-electron chi connectivity index (χ1n) is 5.79. The molecule has 94 valence electrons. The van der Waals surface area contributed by atoms with E-state index < -0.39 is 0 Å². The number of anilines is 1. The molecule has 3 N–H and O–H groups in total. The van der Waals surface area contributed by atoms with Gasteiger partial charge in [0.1, 0.15) is 6.26 Å². The molecule has 2 amide bonds. The molecule has 2 aromatic rings. The number of hydrogen-bond acceptors (Lipinski definition) is 4. The number of carbonyl (C=O) groups is 1. The number of fused-ring (bicyclic) bond motifs is 1. The predicted octanol–water partition coefficient (Wildman–Crippen LogP) is 1.08. The highest BCUT2D eigenvalue weighted by molar-refractivity contribution is 5.87. The van der Waals surface area contributed by atoms with Crippen LogP contribution in [-0.2, 0) is 12.8 Å². The van der Waals surface area contributed by atoms with Crippen LogP contribution in [0, 0.1) is 0 Å². The van der Waals surface area contributed by atoms with Gasteiger partial charge in [0.15, 0.2) is 0 Å². The molecule has 0 saturated carbocycles. The smallest absolute Gasteiger partial charge is 0.323 e. The van der Waals surface area contributed by atoms with Crippen molar-refractivity contribution in [3.63, 3.8) is 0 Å². The van der Waals surface area contributed by atoms with Crippen LogP contribution in [0.5, 0.6) is 0 Å². The molecule has 0 spiro atoms. The number of urea groups is 1. The molecule has 0 unspecified atom stereocenters. The van der Waals surface area contributed by atoms with Gasteiger partial charge in [0, 0.05) is 11.7 Å². The van der Waals surface area contributed by atoms with Crippen molar-refractivity contribution in [1.82, 2.24) is 20.5 Å². The summed E-state index contributed by atoms with van der Waals surface area (Å²) in [6.07, 6.45) is 7.30. The highest BCUT2D eigenvalue weighted by Gasteiger charge is 2.21. The first kappa shape index (κ1) is 10.8. The van der Waals surface area contributed by atoms with E-state index in [0.717, 1.165) is 19.3 Å². The number of nitrogens with zero attached hydrogens (tertiary/aromatic N) is 2. The third kappa shape index (κ3) is 2.20. The molecular formula is C11H13N5O2. The maximum atomic E-state index is 11.7. The van der Waals surface area contributed by atoms with Gasteiger partial charge in [-0.15, -0.1) is 0 Å². The largest absolute Gasteiger partial charge is 0.432 e. The topological polar surface area (TPSA) is 95.8 Å². The molecule has 18 heavy (non-hydrogen) atoms. The minimum absolute atomic E-state index is 0.116. The first-order valence-corrected chi connectivity index (χ1v) is 5.79. The Bertz CT molecular complexity index is 533. The minimum Gasteiger partial charge on any atom is -0.432 e. The van der Waals surface area contributed by atoms with Gasteiger partial charge >= 0.3 is 12.0 Å². The SMILES string of the molecule is O=C(Nc1ncco1)N[C@H]1CCc2[nH]ncc2C1. The summed E-state index contributed by atoms with van der Waals surface area (Å²) in [6.45, 7) is 0. The van der Waals surface area contributed by atoms with E-state index in [9.17, 15) is 4.79 Å². The molecule has 0 radical (unpaired) electrons. The summed E-state index contributed by atoms with van der Waals surface area (Å²) in [4.78, 5) is 15.5. The Labute approximate surface area is 103 Å². The number of aromatic amines is 1. The molecule has 0 saturated heterocycles. The van der Waals surface area contributed by atoms with Gasteiger partial charge < -0.3 is 9.73 Å². The molecule has 2 heterocycles. The third-order valence-corrected chi connectivity index (χ3v) is 3.00. The van der Waals surface area contributed by atoms with Gasteiger partial charge in [0.25, 0.3) is 0 Å². The molecule has 3 rings (SSSR count). The maximum Gasteiger partial charge on any atom is 0.323 e. The number of carbonyl (C=O) groups excluding carboxylic acids is 1. The van der Waals surface area contributed by atoms with E-state index in [1.807, 2.05) is 6.20 Å². The van der Waals surface area contributed by atoms with Crippen molar-refractivity contribution >= 4 is 12.0 Å². The second kappa shape index (κ2) is 4.52. The summed E-state index contributed by atoms with van der Waals surface area (Å²) < 4.78 is 4.94. The third-order valence-electron chi connectivity index (χ3n) is 3.00. The Morgan fingerprint density at radius 3 is 3.33 bits per heavy atom. The van der Waals surface area contributed by atoms with Gasteiger partial charge in [-0.2, -0.15) is 5.10 Å². The van der Waals surface area contributed by atoms with Crippen LogP contribution in [0.25, 0.3) is 0 Å². The molecule has 1 aliphatic carbocycles. The normalized spacial score (nSPS) is 18.1. The zero-order valence-corrected chi connectivity index (χ0v) is 9.64. The molecule has 0 aromatic carbocycles. The number of amides is 2. The van der Waals surface area contributed by atoms with E-state index in [4.69, 9.17) is 4.42 Å². The van der Waals surface area contributed by atoms with Crippen LogP contribution in [-0.4, -0.2) is 27.3 Å². The average Bonchev–Trinajstić information content (AvgIpc) is 2.98. The fourth-order valence-corrected chi connectivity index (χ4v) is 2.14. The number of H-pyrrole nitrogens is 1. The predicted molar refractivity (Wildman–Crippen MR) is 63.1 cm³/mol. The summed E-state index contributed by atoms with van der Waals surface area (Å²) in [5.41, 5.74) is 2.34. The second-order valence-corrected chi connectivity index (χ2v) is 4.25. The molecule has 0 bridgehead atoms. The first-order chi connectivity index (χ1) is 8.81. The summed E-state index contributed by atoms with van der Waals surface area (Å²) >= 11 is 0. The van der Waals surface area contributed by atoms with Gasteiger partial charge in [0.2, 0.25) is 0 Å². The van der Waals surface area contributed by atoms with Crippen molar-refractivity contribution in [2.75, 3.05) is 5.32 Å². The second-order valence-electron chi connectivity index (χ2n) is 4.25. The van der Waals surface area contributed by atoms with Crippen LogP contribution in [0.4, 0.5) is 10.8 Å². The van der Waals surface area contributed by atoms with E-state index in [0.29, 0.717) is 0 Å². The molecule has 2 aromatic heterocycles. The van der Waals surface area contributed by atoms with Crippen molar-refractivity contribution in [3.05, 3.63) is 29.9 Å². The highest BCUT2D eigenvalue weighted by atomic mass is 16.4. The van der Waals surface area contributed by atoms with Crippen LogP contribution in [0.15, 0.2) is 23.1 Å². The van der Waals surface area contributed by atoms with Crippen molar-refractivity contribution in [3.8, 4) is 0 Å². The maximum absolute atomic E-state index is 11.7. The fourth-order valence-electron chi connectivity index (χ4n) is 2.14. The number of rotatable bonds is 2. The van der Waals surface area contributed by atoms with E-state index in [-0.39, 0.29) is 18.1 Å². The van der Waals surface area contributed by atoms with Crippen molar-refractivity contribution in [2.45, 2.75) is 25.3 Å². The molecule has 1 aliphatic rings. The van der Waals surface area contributed by atoms with E-state index in [2.05, 4.69) is 25.8 Å².